The fraction of sp³-hybridized carbons (Fsp3) is 0.333. The summed E-state index contributed by atoms with van der Waals surface area (Å²) in [5.41, 5.74) is 1.77. The number of anilines is 1. The SMILES string of the molecule is CCN1CCc2nc(NC(=O)c3cccc(Br)c3)sc2C1. The summed E-state index contributed by atoms with van der Waals surface area (Å²) in [5, 5.41) is 3.60. The minimum atomic E-state index is -0.116. The van der Waals surface area contributed by atoms with E-state index in [1.807, 2.05) is 18.2 Å². The molecule has 21 heavy (non-hydrogen) atoms. The Morgan fingerprint density at radius 1 is 1.52 bits per heavy atom. The van der Waals surface area contributed by atoms with Gasteiger partial charge in [-0.05, 0) is 24.7 Å². The molecule has 1 amide bonds. The average Bonchev–Trinajstić information content (AvgIpc) is 2.88. The first-order valence-electron chi connectivity index (χ1n) is 6.93. The number of benzene rings is 1. The molecule has 0 saturated carbocycles. The number of hydrogen-bond acceptors (Lipinski definition) is 4. The second-order valence-electron chi connectivity index (χ2n) is 4.97. The lowest BCUT2D eigenvalue weighted by Gasteiger charge is -2.23. The number of carbonyl (C=O) groups is 1. The molecule has 0 fully saturated rings. The molecule has 0 radical (unpaired) electrons. The zero-order valence-electron chi connectivity index (χ0n) is 11.7. The second kappa shape index (κ2) is 6.25. The van der Waals surface area contributed by atoms with E-state index in [4.69, 9.17) is 0 Å². The summed E-state index contributed by atoms with van der Waals surface area (Å²) in [4.78, 5) is 20.4. The topological polar surface area (TPSA) is 45.2 Å². The Balaban J connectivity index is 1.74. The molecule has 0 bridgehead atoms. The van der Waals surface area contributed by atoms with Crippen LogP contribution in [0.3, 0.4) is 0 Å². The Morgan fingerprint density at radius 3 is 3.14 bits per heavy atom. The molecule has 1 aromatic heterocycles. The van der Waals surface area contributed by atoms with E-state index in [1.165, 1.54) is 4.88 Å². The number of carbonyl (C=O) groups excluding carboxylic acids is 1. The van der Waals surface area contributed by atoms with E-state index >= 15 is 0 Å². The number of likely N-dealkylation sites (N-methyl/N-ethyl adjacent to an activating group) is 1. The van der Waals surface area contributed by atoms with E-state index < -0.39 is 0 Å². The summed E-state index contributed by atoms with van der Waals surface area (Å²) in [6.45, 7) is 5.21. The highest BCUT2D eigenvalue weighted by molar-refractivity contribution is 9.10. The van der Waals surface area contributed by atoms with Crippen LogP contribution >= 0.6 is 27.3 Å². The van der Waals surface area contributed by atoms with Gasteiger partial charge in [0.15, 0.2) is 5.13 Å². The second-order valence-corrected chi connectivity index (χ2v) is 6.97. The zero-order chi connectivity index (χ0) is 14.8. The van der Waals surface area contributed by atoms with Gasteiger partial charge in [-0.3, -0.25) is 15.0 Å². The molecule has 0 atom stereocenters. The van der Waals surface area contributed by atoms with Gasteiger partial charge in [0.25, 0.3) is 5.91 Å². The molecule has 1 aliphatic rings. The molecule has 0 spiro atoms. The Labute approximate surface area is 136 Å². The standard InChI is InChI=1S/C15H16BrN3OS/c1-2-19-7-6-12-13(9-19)21-15(17-12)18-14(20)10-4-3-5-11(16)8-10/h3-5,8H,2,6-7,9H2,1H3,(H,17,18,20). The Kier molecular flexibility index (Phi) is 4.37. The van der Waals surface area contributed by atoms with Gasteiger partial charge in [-0.25, -0.2) is 4.98 Å². The van der Waals surface area contributed by atoms with Crippen molar-refractivity contribution in [3.8, 4) is 0 Å². The monoisotopic (exact) mass is 365 g/mol. The molecule has 110 valence electrons. The fourth-order valence-electron chi connectivity index (χ4n) is 2.37. The highest BCUT2D eigenvalue weighted by Gasteiger charge is 2.20. The van der Waals surface area contributed by atoms with Gasteiger partial charge in [-0.2, -0.15) is 0 Å². The third-order valence-corrected chi connectivity index (χ3v) is 5.06. The molecule has 3 rings (SSSR count). The van der Waals surface area contributed by atoms with Gasteiger partial charge in [-0.1, -0.05) is 28.9 Å². The van der Waals surface area contributed by atoms with Gasteiger partial charge >= 0.3 is 0 Å². The zero-order valence-corrected chi connectivity index (χ0v) is 14.1. The summed E-state index contributed by atoms with van der Waals surface area (Å²) in [6.07, 6.45) is 0.965. The summed E-state index contributed by atoms with van der Waals surface area (Å²) < 4.78 is 0.896. The number of halogens is 1. The Bertz CT molecular complexity index is 671. The van der Waals surface area contributed by atoms with Crippen molar-refractivity contribution >= 4 is 38.3 Å². The third-order valence-electron chi connectivity index (χ3n) is 3.56. The van der Waals surface area contributed by atoms with Crippen molar-refractivity contribution in [1.29, 1.82) is 0 Å². The molecule has 6 heteroatoms. The molecular weight excluding hydrogens is 350 g/mol. The van der Waals surface area contributed by atoms with Crippen molar-refractivity contribution in [2.24, 2.45) is 0 Å². The van der Waals surface area contributed by atoms with Gasteiger partial charge < -0.3 is 0 Å². The number of nitrogens with one attached hydrogen (secondary N) is 1. The predicted molar refractivity (Wildman–Crippen MR) is 88.9 cm³/mol. The molecule has 2 heterocycles. The number of rotatable bonds is 3. The predicted octanol–water partition coefficient (Wildman–Crippen LogP) is 3.54. The number of nitrogens with zero attached hydrogens (tertiary/aromatic N) is 2. The number of amides is 1. The van der Waals surface area contributed by atoms with Crippen LogP contribution < -0.4 is 5.32 Å². The number of fused-ring (bicyclic) bond motifs is 1. The van der Waals surface area contributed by atoms with E-state index in [9.17, 15) is 4.79 Å². The quantitative estimate of drug-likeness (QED) is 0.904. The molecule has 0 aliphatic carbocycles. The maximum Gasteiger partial charge on any atom is 0.257 e. The Hall–Kier alpha value is -1.24. The van der Waals surface area contributed by atoms with E-state index in [0.717, 1.165) is 36.2 Å². The largest absolute Gasteiger partial charge is 0.298 e. The van der Waals surface area contributed by atoms with Gasteiger partial charge in [0, 0.05) is 34.4 Å². The van der Waals surface area contributed by atoms with Crippen LogP contribution in [0.15, 0.2) is 28.7 Å². The van der Waals surface area contributed by atoms with Gasteiger partial charge in [0.2, 0.25) is 0 Å². The third kappa shape index (κ3) is 3.33. The summed E-state index contributed by atoms with van der Waals surface area (Å²) in [6, 6.07) is 7.36. The highest BCUT2D eigenvalue weighted by Crippen LogP contribution is 2.28. The minimum absolute atomic E-state index is 0.116. The lowest BCUT2D eigenvalue weighted by molar-refractivity contribution is 0.102. The number of hydrogen-bond donors (Lipinski definition) is 1. The summed E-state index contributed by atoms with van der Waals surface area (Å²) >= 11 is 4.96. The maximum atomic E-state index is 12.2. The van der Waals surface area contributed by atoms with Crippen LogP contribution in [0.5, 0.6) is 0 Å². The molecule has 0 saturated heterocycles. The minimum Gasteiger partial charge on any atom is -0.298 e. The molecule has 4 nitrogen and oxygen atoms in total. The van der Waals surface area contributed by atoms with Crippen molar-refractivity contribution in [3.05, 3.63) is 44.9 Å². The van der Waals surface area contributed by atoms with Crippen LogP contribution in [-0.4, -0.2) is 28.9 Å². The van der Waals surface area contributed by atoms with Gasteiger partial charge in [0.1, 0.15) is 0 Å². The summed E-state index contributed by atoms with van der Waals surface area (Å²) in [5.74, 6) is -0.116. The van der Waals surface area contributed by atoms with Crippen LogP contribution in [0.1, 0.15) is 27.9 Å². The van der Waals surface area contributed by atoms with Gasteiger partial charge in [-0.15, -0.1) is 11.3 Å². The van der Waals surface area contributed by atoms with E-state index in [-0.39, 0.29) is 5.91 Å². The number of thiazole rings is 1. The molecule has 1 aromatic carbocycles. The Morgan fingerprint density at radius 2 is 2.38 bits per heavy atom. The van der Waals surface area contributed by atoms with Crippen LogP contribution in [0.2, 0.25) is 0 Å². The van der Waals surface area contributed by atoms with Crippen molar-refractivity contribution in [2.45, 2.75) is 19.9 Å². The highest BCUT2D eigenvalue weighted by atomic mass is 79.9. The average molecular weight is 366 g/mol. The first kappa shape index (κ1) is 14.7. The van der Waals surface area contributed by atoms with Crippen LogP contribution in [0.4, 0.5) is 5.13 Å². The van der Waals surface area contributed by atoms with Crippen molar-refractivity contribution in [2.75, 3.05) is 18.4 Å². The van der Waals surface area contributed by atoms with Crippen molar-refractivity contribution in [3.63, 3.8) is 0 Å². The van der Waals surface area contributed by atoms with Gasteiger partial charge in [0.05, 0.1) is 5.69 Å². The molecule has 2 aromatic rings. The lowest BCUT2D eigenvalue weighted by Crippen LogP contribution is -2.29. The van der Waals surface area contributed by atoms with E-state index in [1.54, 1.807) is 17.4 Å². The molecule has 0 unspecified atom stereocenters. The van der Waals surface area contributed by atoms with Crippen LogP contribution in [0, 0.1) is 0 Å². The van der Waals surface area contributed by atoms with Crippen LogP contribution in [-0.2, 0) is 13.0 Å². The van der Waals surface area contributed by atoms with Crippen LogP contribution in [0.25, 0.3) is 0 Å². The van der Waals surface area contributed by atoms with E-state index in [0.29, 0.717) is 10.7 Å². The molecule has 1 aliphatic heterocycles. The van der Waals surface area contributed by atoms with E-state index in [2.05, 4.69) is 38.1 Å². The summed E-state index contributed by atoms with van der Waals surface area (Å²) in [7, 11) is 0. The molecular formula is C15H16BrN3OS. The lowest BCUT2D eigenvalue weighted by atomic mass is 10.2. The fourth-order valence-corrected chi connectivity index (χ4v) is 3.82. The first-order chi connectivity index (χ1) is 10.2. The van der Waals surface area contributed by atoms with Crippen molar-refractivity contribution < 1.29 is 4.79 Å². The molecule has 1 N–H and O–H groups in total. The maximum absolute atomic E-state index is 12.2. The first-order valence-corrected chi connectivity index (χ1v) is 8.54. The number of aromatic nitrogens is 1. The normalized spacial score (nSPS) is 14.8. The smallest absolute Gasteiger partial charge is 0.257 e. The van der Waals surface area contributed by atoms with Crippen molar-refractivity contribution in [1.82, 2.24) is 9.88 Å².